The third-order valence-corrected chi connectivity index (χ3v) is 2.01. The molecule has 0 fully saturated rings. The molecule has 0 radical (unpaired) electrons. The summed E-state index contributed by atoms with van der Waals surface area (Å²) in [5.74, 6) is -0.325. The van der Waals surface area contributed by atoms with Crippen molar-refractivity contribution in [3.8, 4) is 5.75 Å². The fraction of sp³-hybridized carbons (Fsp3) is 0.300. The number of aromatic hydroxyl groups is 1. The summed E-state index contributed by atoms with van der Waals surface area (Å²) in [6, 6.07) is 5.78. The highest BCUT2D eigenvalue weighted by molar-refractivity contribution is 6.22. The predicted octanol–water partition coefficient (Wildman–Crippen LogP) is -0.282. The first kappa shape index (κ1) is 12.5. The van der Waals surface area contributed by atoms with Crippen molar-refractivity contribution in [3.05, 3.63) is 29.8 Å². The van der Waals surface area contributed by atoms with E-state index in [4.69, 9.17) is 15.5 Å². The number of hydrogen-bond acceptors (Lipinski definition) is 5. The lowest BCUT2D eigenvalue weighted by molar-refractivity contribution is -0.136. The van der Waals surface area contributed by atoms with Crippen molar-refractivity contribution in [2.75, 3.05) is 7.11 Å². The SMILES string of the molecule is COBOC(=O)[C@@H](N)Cc1ccc(O)cc1. The zero-order valence-corrected chi connectivity index (χ0v) is 9.05. The average Bonchev–Trinajstić information content (AvgIpc) is 2.29. The van der Waals surface area contributed by atoms with Gasteiger partial charge in [-0.25, -0.2) is 0 Å². The van der Waals surface area contributed by atoms with Crippen LogP contribution in [-0.4, -0.2) is 31.9 Å². The van der Waals surface area contributed by atoms with Gasteiger partial charge < -0.3 is 20.1 Å². The van der Waals surface area contributed by atoms with Crippen LogP contribution in [0.1, 0.15) is 5.56 Å². The minimum absolute atomic E-state index is 0.0951. The highest BCUT2D eigenvalue weighted by Crippen LogP contribution is 2.11. The summed E-state index contributed by atoms with van der Waals surface area (Å²) in [7, 11) is 1.33. The van der Waals surface area contributed by atoms with E-state index in [1.165, 1.54) is 7.11 Å². The summed E-state index contributed by atoms with van der Waals surface area (Å²) in [4.78, 5) is 11.3. The van der Waals surface area contributed by atoms with Crippen molar-refractivity contribution in [1.82, 2.24) is 0 Å². The Hall–Kier alpha value is -1.53. The number of carbonyl (C=O) groups is 1. The zero-order chi connectivity index (χ0) is 12.0. The van der Waals surface area contributed by atoms with Gasteiger partial charge in [-0.1, -0.05) is 12.1 Å². The molecule has 0 unspecified atom stereocenters. The largest absolute Gasteiger partial charge is 0.511 e. The van der Waals surface area contributed by atoms with E-state index in [0.29, 0.717) is 6.42 Å². The maximum Gasteiger partial charge on any atom is 0.508 e. The third-order valence-electron chi connectivity index (χ3n) is 2.01. The molecule has 6 heteroatoms. The van der Waals surface area contributed by atoms with E-state index in [0.717, 1.165) is 5.56 Å². The summed E-state index contributed by atoms with van der Waals surface area (Å²) in [6.07, 6.45) is 0.364. The van der Waals surface area contributed by atoms with Gasteiger partial charge in [-0.2, -0.15) is 0 Å². The highest BCUT2D eigenvalue weighted by Gasteiger charge is 2.15. The minimum atomic E-state index is -0.723. The summed E-state index contributed by atoms with van der Waals surface area (Å²) in [5.41, 5.74) is 6.50. The second-order valence-corrected chi connectivity index (χ2v) is 3.35. The summed E-state index contributed by atoms with van der Waals surface area (Å²) in [6.45, 7) is 0. The lowest BCUT2D eigenvalue weighted by Crippen LogP contribution is -2.35. The van der Waals surface area contributed by atoms with Crippen molar-refractivity contribution in [3.63, 3.8) is 0 Å². The molecule has 0 aliphatic heterocycles. The average molecular weight is 223 g/mol. The topological polar surface area (TPSA) is 81.8 Å². The van der Waals surface area contributed by atoms with Gasteiger partial charge in [0.25, 0.3) is 0 Å². The minimum Gasteiger partial charge on any atom is -0.511 e. The normalized spacial score (nSPS) is 11.9. The van der Waals surface area contributed by atoms with Crippen LogP contribution in [-0.2, 0) is 20.5 Å². The monoisotopic (exact) mass is 223 g/mol. The van der Waals surface area contributed by atoms with Crippen LogP contribution in [0.25, 0.3) is 0 Å². The van der Waals surface area contributed by atoms with Gasteiger partial charge in [0.1, 0.15) is 11.8 Å². The van der Waals surface area contributed by atoms with Gasteiger partial charge in [0.15, 0.2) is 0 Å². The van der Waals surface area contributed by atoms with Gasteiger partial charge in [-0.3, -0.25) is 4.79 Å². The van der Waals surface area contributed by atoms with E-state index in [-0.39, 0.29) is 13.4 Å². The van der Waals surface area contributed by atoms with Gasteiger partial charge in [0.05, 0.1) is 0 Å². The molecule has 5 nitrogen and oxygen atoms in total. The molecule has 0 aliphatic carbocycles. The van der Waals surface area contributed by atoms with Crippen molar-refractivity contribution in [1.29, 1.82) is 0 Å². The van der Waals surface area contributed by atoms with E-state index in [1.807, 2.05) is 0 Å². The van der Waals surface area contributed by atoms with E-state index < -0.39 is 12.0 Å². The summed E-state index contributed by atoms with van der Waals surface area (Å²) < 4.78 is 9.31. The number of benzene rings is 1. The number of rotatable bonds is 5. The molecule has 16 heavy (non-hydrogen) atoms. The van der Waals surface area contributed by atoms with E-state index >= 15 is 0 Å². The molecular formula is C10H14BNO4. The molecule has 0 saturated heterocycles. The Labute approximate surface area is 94.5 Å². The van der Waals surface area contributed by atoms with Gasteiger partial charge in [-0.15, -0.1) is 0 Å². The molecule has 1 rings (SSSR count). The fourth-order valence-electron chi connectivity index (χ4n) is 1.19. The van der Waals surface area contributed by atoms with Crippen LogP contribution in [0, 0.1) is 0 Å². The van der Waals surface area contributed by atoms with E-state index in [2.05, 4.69) is 4.65 Å². The molecule has 3 N–H and O–H groups in total. The Morgan fingerprint density at radius 2 is 2.12 bits per heavy atom. The molecule has 0 bridgehead atoms. The Kier molecular flexibility index (Phi) is 4.82. The molecular weight excluding hydrogens is 209 g/mol. The first-order chi connectivity index (χ1) is 7.63. The molecule has 0 aromatic heterocycles. The number of carbonyl (C=O) groups excluding carboxylic acids is 1. The molecule has 1 aromatic carbocycles. The Balaban J connectivity index is 2.47. The van der Waals surface area contributed by atoms with Crippen LogP contribution in [0.15, 0.2) is 24.3 Å². The van der Waals surface area contributed by atoms with Gasteiger partial charge in [0, 0.05) is 7.11 Å². The Morgan fingerprint density at radius 3 is 2.69 bits per heavy atom. The highest BCUT2D eigenvalue weighted by atomic mass is 16.6. The van der Waals surface area contributed by atoms with Crippen LogP contribution in [0.2, 0.25) is 0 Å². The first-order valence-corrected chi connectivity index (χ1v) is 4.82. The Bertz CT molecular complexity index is 341. The van der Waals surface area contributed by atoms with Crippen LogP contribution in [0.5, 0.6) is 5.75 Å². The number of nitrogens with two attached hydrogens (primary N) is 1. The van der Waals surface area contributed by atoms with Gasteiger partial charge >= 0.3 is 13.7 Å². The molecule has 0 aliphatic rings. The second kappa shape index (κ2) is 6.14. The maximum atomic E-state index is 11.3. The molecule has 0 spiro atoms. The Morgan fingerprint density at radius 1 is 1.50 bits per heavy atom. The van der Waals surface area contributed by atoms with E-state index in [1.54, 1.807) is 24.3 Å². The first-order valence-electron chi connectivity index (χ1n) is 4.82. The van der Waals surface area contributed by atoms with Crippen molar-refractivity contribution >= 4 is 13.7 Å². The summed E-state index contributed by atoms with van der Waals surface area (Å²) >= 11 is 0. The smallest absolute Gasteiger partial charge is 0.508 e. The third kappa shape index (κ3) is 3.92. The van der Waals surface area contributed by atoms with Crippen LogP contribution in [0.4, 0.5) is 0 Å². The van der Waals surface area contributed by atoms with E-state index in [9.17, 15) is 4.79 Å². The van der Waals surface area contributed by atoms with Crippen molar-refractivity contribution in [2.45, 2.75) is 12.5 Å². The standard InChI is InChI=1S/C10H14BNO4/c1-15-11-16-10(14)9(12)6-7-2-4-8(13)5-3-7/h2-5,9,11,13H,6,12H2,1H3/t9-/m0/s1. The number of phenols is 1. The molecule has 1 atom stereocenters. The number of hydrogen-bond donors (Lipinski definition) is 2. The molecule has 0 amide bonds. The predicted molar refractivity (Wildman–Crippen MR) is 60.0 cm³/mol. The zero-order valence-electron chi connectivity index (χ0n) is 9.05. The summed E-state index contributed by atoms with van der Waals surface area (Å²) in [5, 5.41) is 9.08. The molecule has 1 aromatic rings. The quantitative estimate of drug-likeness (QED) is 0.670. The molecule has 86 valence electrons. The molecule has 0 saturated carbocycles. The molecule has 0 heterocycles. The van der Waals surface area contributed by atoms with Crippen molar-refractivity contribution < 1.29 is 19.2 Å². The lowest BCUT2D eigenvalue weighted by Gasteiger charge is -2.10. The van der Waals surface area contributed by atoms with Gasteiger partial charge in [-0.05, 0) is 24.1 Å². The van der Waals surface area contributed by atoms with Crippen LogP contribution < -0.4 is 5.73 Å². The second-order valence-electron chi connectivity index (χ2n) is 3.35. The van der Waals surface area contributed by atoms with Crippen LogP contribution >= 0.6 is 0 Å². The van der Waals surface area contributed by atoms with Gasteiger partial charge in [0.2, 0.25) is 0 Å². The maximum absolute atomic E-state index is 11.3. The fourth-order valence-corrected chi connectivity index (χ4v) is 1.19. The van der Waals surface area contributed by atoms with Crippen LogP contribution in [0.3, 0.4) is 0 Å². The lowest BCUT2D eigenvalue weighted by atomic mass is 10.1. The number of phenolic OH excluding ortho intramolecular Hbond substituents is 1. The van der Waals surface area contributed by atoms with Crippen molar-refractivity contribution in [2.24, 2.45) is 5.73 Å².